The Hall–Kier alpha value is -2.82. The number of nitrogens with zero attached hydrogens (tertiary/aromatic N) is 2. The van der Waals surface area contributed by atoms with Crippen LogP contribution in [0.5, 0.6) is 5.75 Å². The summed E-state index contributed by atoms with van der Waals surface area (Å²) in [4.78, 5) is 29.2. The molecule has 5 heteroatoms. The normalized spacial score (nSPS) is 17.7. The second kappa shape index (κ2) is 8.71. The minimum atomic E-state index is -0.00610. The Morgan fingerprint density at radius 1 is 1.11 bits per heavy atom. The largest absolute Gasteiger partial charge is 0.508 e. The first kappa shape index (κ1) is 19.0. The highest BCUT2D eigenvalue weighted by Gasteiger charge is 2.30. The molecule has 27 heavy (non-hydrogen) atoms. The standard InChI is InChI=1S/C22H26N2O3/c1-2-19-16-23(22(27)14-18-9-6-10-20(25)13-18)12-11-21(26)24(19)15-17-7-4-3-5-8-17/h3-10,13,19,25H,2,11-12,14-16H2,1H3/t19-/m0/s1. The smallest absolute Gasteiger partial charge is 0.227 e. The van der Waals surface area contributed by atoms with Crippen LogP contribution in [-0.2, 0) is 22.6 Å². The summed E-state index contributed by atoms with van der Waals surface area (Å²) in [6, 6.07) is 16.7. The van der Waals surface area contributed by atoms with E-state index in [0.717, 1.165) is 17.5 Å². The zero-order chi connectivity index (χ0) is 19.2. The lowest BCUT2D eigenvalue weighted by atomic mass is 10.1. The topological polar surface area (TPSA) is 60.9 Å². The molecule has 1 aliphatic heterocycles. The highest BCUT2D eigenvalue weighted by Crippen LogP contribution is 2.19. The van der Waals surface area contributed by atoms with Gasteiger partial charge < -0.3 is 14.9 Å². The molecule has 0 unspecified atom stereocenters. The Morgan fingerprint density at radius 2 is 1.85 bits per heavy atom. The quantitative estimate of drug-likeness (QED) is 0.885. The molecule has 0 bridgehead atoms. The number of amides is 2. The van der Waals surface area contributed by atoms with Crippen LogP contribution in [0.3, 0.4) is 0 Å². The van der Waals surface area contributed by atoms with Gasteiger partial charge >= 0.3 is 0 Å². The summed E-state index contributed by atoms with van der Waals surface area (Å²) in [5.41, 5.74) is 1.88. The van der Waals surface area contributed by atoms with E-state index in [0.29, 0.717) is 26.1 Å². The van der Waals surface area contributed by atoms with E-state index in [1.54, 1.807) is 23.1 Å². The molecule has 2 aromatic carbocycles. The summed E-state index contributed by atoms with van der Waals surface area (Å²) in [5.74, 6) is 0.249. The van der Waals surface area contributed by atoms with E-state index in [-0.39, 0.29) is 30.0 Å². The predicted octanol–water partition coefficient (Wildman–Crippen LogP) is 2.97. The van der Waals surface area contributed by atoms with Crippen molar-refractivity contribution in [3.05, 3.63) is 65.7 Å². The van der Waals surface area contributed by atoms with Gasteiger partial charge in [-0.2, -0.15) is 0 Å². The van der Waals surface area contributed by atoms with E-state index >= 15 is 0 Å². The highest BCUT2D eigenvalue weighted by atomic mass is 16.3. The van der Waals surface area contributed by atoms with Crippen LogP contribution in [0.4, 0.5) is 0 Å². The molecular formula is C22H26N2O3. The Labute approximate surface area is 160 Å². The fourth-order valence-corrected chi connectivity index (χ4v) is 3.55. The van der Waals surface area contributed by atoms with Gasteiger partial charge in [-0.25, -0.2) is 0 Å². The predicted molar refractivity (Wildman–Crippen MR) is 104 cm³/mol. The number of carbonyl (C=O) groups is 2. The second-order valence-corrected chi connectivity index (χ2v) is 7.01. The highest BCUT2D eigenvalue weighted by molar-refractivity contribution is 5.82. The number of hydrogen-bond donors (Lipinski definition) is 1. The van der Waals surface area contributed by atoms with Gasteiger partial charge in [0.2, 0.25) is 11.8 Å². The van der Waals surface area contributed by atoms with Crippen molar-refractivity contribution in [2.24, 2.45) is 0 Å². The Balaban J connectivity index is 1.71. The molecule has 1 fully saturated rings. The van der Waals surface area contributed by atoms with E-state index < -0.39 is 0 Å². The molecule has 1 saturated heterocycles. The average Bonchev–Trinajstić information content (AvgIpc) is 2.82. The molecule has 1 heterocycles. The monoisotopic (exact) mass is 366 g/mol. The SMILES string of the molecule is CC[C@H]1CN(C(=O)Cc2cccc(O)c2)CCC(=O)N1Cc1ccccc1. The number of phenolic OH excluding ortho intramolecular Hbond substituents is 1. The van der Waals surface area contributed by atoms with E-state index in [4.69, 9.17) is 0 Å². The fourth-order valence-electron chi connectivity index (χ4n) is 3.55. The first-order valence-electron chi connectivity index (χ1n) is 9.46. The second-order valence-electron chi connectivity index (χ2n) is 7.01. The molecular weight excluding hydrogens is 340 g/mol. The molecule has 0 radical (unpaired) electrons. The molecule has 5 nitrogen and oxygen atoms in total. The summed E-state index contributed by atoms with van der Waals surface area (Å²) in [7, 11) is 0. The number of aromatic hydroxyl groups is 1. The maximum absolute atomic E-state index is 12.8. The van der Waals surface area contributed by atoms with Crippen LogP contribution in [0.25, 0.3) is 0 Å². The summed E-state index contributed by atoms with van der Waals surface area (Å²) in [5, 5.41) is 9.59. The molecule has 2 aromatic rings. The fraction of sp³-hybridized carbons (Fsp3) is 0.364. The van der Waals surface area contributed by atoms with E-state index in [1.165, 1.54) is 0 Å². The van der Waals surface area contributed by atoms with Crippen LogP contribution in [0.15, 0.2) is 54.6 Å². The van der Waals surface area contributed by atoms with Crippen molar-refractivity contribution >= 4 is 11.8 Å². The lowest BCUT2D eigenvalue weighted by molar-refractivity contribution is -0.133. The van der Waals surface area contributed by atoms with Crippen LogP contribution in [-0.4, -0.2) is 45.9 Å². The molecule has 1 N–H and O–H groups in total. The van der Waals surface area contributed by atoms with Crippen molar-refractivity contribution in [2.45, 2.75) is 38.8 Å². The zero-order valence-electron chi connectivity index (χ0n) is 15.7. The molecule has 0 saturated carbocycles. The molecule has 0 aromatic heterocycles. The maximum Gasteiger partial charge on any atom is 0.227 e. The van der Waals surface area contributed by atoms with Crippen LogP contribution < -0.4 is 0 Å². The number of carbonyl (C=O) groups excluding carboxylic acids is 2. The van der Waals surface area contributed by atoms with Gasteiger partial charge in [-0.05, 0) is 29.7 Å². The minimum Gasteiger partial charge on any atom is -0.508 e. The van der Waals surface area contributed by atoms with Gasteiger partial charge in [0.25, 0.3) is 0 Å². The van der Waals surface area contributed by atoms with Crippen molar-refractivity contribution in [3.8, 4) is 5.75 Å². The summed E-state index contributed by atoms with van der Waals surface area (Å²) >= 11 is 0. The molecule has 3 rings (SSSR count). The van der Waals surface area contributed by atoms with E-state index in [1.807, 2.05) is 41.3 Å². The Bertz CT molecular complexity index is 791. The number of benzene rings is 2. The summed E-state index contributed by atoms with van der Waals surface area (Å²) in [6.45, 7) is 3.62. The van der Waals surface area contributed by atoms with E-state index in [9.17, 15) is 14.7 Å². The third-order valence-corrected chi connectivity index (χ3v) is 5.07. The molecule has 142 valence electrons. The number of rotatable bonds is 5. The summed E-state index contributed by atoms with van der Waals surface area (Å²) < 4.78 is 0. The van der Waals surface area contributed by atoms with Gasteiger partial charge in [0.15, 0.2) is 0 Å². The van der Waals surface area contributed by atoms with Gasteiger partial charge in [-0.15, -0.1) is 0 Å². The van der Waals surface area contributed by atoms with Crippen molar-refractivity contribution in [1.29, 1.82) is 0 Å². The first-order chi connectivity index (χ1) is 13.1. The van der Waals surface area contributed by atoms with Gasteiger partial charge in [-0.1, -0.05) is 49.4 Å². The zero-order valence-corrected chi connectivity index (χ0v) is 15.7. The molecule has 2 amide bonds. The first-order valence-corrected chi connectivity index (χ1v) is 9.46. The maximum atomic E-state index is 12.8. The lowest BCUT2D eigenvalue weighted by Crippen LogP contribution is -2.44. The number of phenols is 1. The third kappa shape index (κ3) is 4.88. The van der Waals surface area contributed by atoms with Crippen LogP contribution >= 0.6 is 0 Å². The van der Waals surface area contributed by atoms with Crippen LogP contribution in [0.1, 0.15) is 30.9 Å². The Kier molecular flexibility index (Phi) is 6.12. The Morgan fingerprint density at radius 3 is 2.56 bits per heavy atom. The van der Waals surface area contributed by atoms with Gasteiger partial charge in [-0.3, -0.25) is 9.59 Å². The minimum absolute atomic E-state index is 0.00610. The molecule has 0 aliphatic carbocycles. The molecule has 0 spiro atoms. The van der Waals surface area contributed by atoms with E-state index in [2.05, 4.69) is 6.92 Å². The van der Waals surface area contributed by atoms with Crippen molar-refractivity contribution in [1.82, 2.24) is 9.80 Å². The van der Waals surface area contributed by atoms with Crippen molar-refractivity contribution in [2.75, 3.05) is 13.1 Å². The average molecular weight is 366 g/mol. The van der Waals surface area contributed by atoms with Gasteiger partial charge in [0.1, 0.15) is 5.75 Å². The van der Waals surface area contributed by atoms with Crippen molar-refractivity contribution in [3.63, 3.8) is 0 Å². The van der Waals surface area contributed by atoms with Gasteiger partial charge in [0.05, 0.1) is 6.42 Å². The molecule has 1 aliphatic rings. The summed E-state index contributed by atoms with van der Waals surface area (Å²) in [6.07, 6.45) is 1.38. The number of hydrogen-bond acceptors (Lipinski definition) is 3. The van der Waals surface area contributed by atoms with Gasteiger partial charge in [0, 0.05) is 32.1 Å². The third-order valence-electron chi connectivity index (χ3n) is 5.07. The van der Waals surface area contributed by atoms with Crippen LogP contribution in [0, 0.1) is 0 Å². The lowest BCUT2D eigenvalue weighted by Gasteiger charge is -2.31. The molecule has 1 atom stereocenters. The van der Waals surface area contributed by atoms with Crippen LogP contribution in [0.2, 0.25) is 0 Å². The van der Waals surface area contributed by atoms with Crippen molar-refractivity contribution < 1.29 is 14.7 Å².